The zero-order chi connectivity index (χ0) is 14.7. The molecule has 1 saturated heterocycles. The van der Waals surface area contributed by atoms with Crippen molar-refractivity contribution in [1.29, 1.82) is 0 Å². The fourth-order valence-electron chi connectivity index (χ4n) is 2.29. The second-order valence-electron chi connectivity index (χ2n) is 4.90. The van der Waals surface area contributed by atoms with Crippen LogP contribution in [0.15, 0.2) is 9.32 Å². The van der Waals surface area contributed by atoms with Gasteiger partial charge in [-0.25, -0.2) is 4.79 Å². The molecule has 1 aliphatic heterocycles. The summed E-state index contributed by atoms with van der Waals surface area (Å²) in [6.07, 6.45) is 3.49. The highest BCUT2D eigenvalue weighted by Gasteiger charge is 2.28. The van der Waals surface area contributed by atoms with Gasteiger partial charge >= 0.3 is 11.3 Å². The number of nitrogens with zero attached hydrogens (tertiary/aromatic N) is 2. The summed E-state index contributed by atoms with van der Waals surface area (Å²) in [4.78, 5) is 25.6. The normalized spacial score (nSPS) is 19.1. The molecule has 110 valence electrons. The number of ketones is 1. The van der Waals surface area contributed by atoms with E-state index in [1.165, 1.54) is 22.9 Å². The van der Waals surface area contributed by atoms with Crippen molar-refractivity contribution >= 4 is 34.1 Å². The van der Waals surface area contributed by atoms with E-state index >= 15 is 0 Å². The number of likely N-dealkylation sites (tertiary alicyclic amines) is 1. The molecular formula is C12H18N3O3S2+. The third kappa shape index (κ3) is 3.29. The first-order chi connectivity index (χ1) is 9.50. The summed E-state index contributed by atoms with van der Waals surface area (Å²) in [5, 5.41) is 2.33. The summed E-state index contributed by atoms with van der Waals surface area (Å²) in [6.45, 7) is 3.09. The van der Waals surface area contributed by atoms with Crippen molar-refractivity contribution in [3.8, 4) is 0 Å². The molecule has 2 heterocycles. The topological polar surface area (TPSA) is 70.2 Å². The Labute approximate surface area is 126 Å². The maximum absolute atomic E-state index is 12.0. The van der Waals surface area contributed by atoms with Crippen molar-refractivity contribution in [3.63, 3.8) is 0 Å². The lowest BCUT2D eigenvalue weighted by Gasteiger charge is -2.34. The number of hydrogen-bond acceptors (Lipinski definition) is 5. The fraction of sp³-hybridized carbons (Fsp3) is 0.667. The maximum Gasteiger partial charge on any atom is 0.438 e. The minimum Gasteiger partial charge on any atom is -0.355 e. The van der Waals surface area contributed by atoms with Crippen LogP contribution in [0.4, 0.5) is 0 Å². The van der Waals surface area contributed by atoms with Gasteiger partial charge in [0, 0.05) is 12.6 Å². The zero-order valence-corrected chi connectivity index (χ0v) is 13.2. The average molecular weight is 316 g/mol. The van der Waals surface area contributed by atoms with Gasteiger partial charge in [0.25, 0.3) is 0 Å². The van der Waals surface area contributed by atoms with Gasteiger partial charge in [0.2, 0.25) is 5.78 Å². The van der Waals surface area contributed by atoms with Gasteiger partial charge < -0.3 is 4.90 Å². The lowest BCUT2D eigenvalue weighted by Crippen LogP contribution is -2.41. The van der Waals surface area contributed by atoms with Gasteiger partial charge in [0.05, 0.1) is 5.75 Å². The van der Waals surface area contributed by atoms with E-state index in [0.29, 0.717) is 6.04 Å². The van der Waals surface area contributed by atoms with Crippen molar-refractivity contribution in [1.82, 2.24) is 10.2 Å². The Hall–Kier alpha value is -1.15. The van der Waals surface area contributed by atoms with Crippen LogP contribution < -0.4 is 10.3 Å². The molecule has 1 aromatic heterocycles. The van der Waals surface area contributed by atoms with E-state index < -0.39 is 5.63 Å². The molecule has 1 unspecified atom stereocenters. The Morgan fingerprint density at radius 3 is 2.95 bits per heavy atom. The smallest absolute Gasteiger partial charge is 0.355 e. The number of aromatic amines is 1. The minimum atomic E-state index is -0.643. The van der Waals surface area contributed by atoms with Gasteiger partial charge in [-0.15, -0.1) is 0 Å². The van der Waals surface area contributed by atoms with Crippen LogP contribution >= 0.6 is 24.0 Å². The predicted molar refractivity (Wildman–Crippen MR) is 79.9 cm³/mol. The van der Waals surface area contributed by atoms with Crippen LogP contribution in [0.25, 0.3) is 0 Å². The molecule has 1 fully saturated rings. The molecule has 20 heavy (non-hydrogen) atoms. The molecule has 1 aromatic rings. The van der Waals surface area contributed by atoms with Gasteiger partial charge in [-0.1, -0.05) is 28.7 Å². The summed E-state index contributed by atoms with van der Waals surface area (Å²) < 4.78 is 6.58. The van der Waals surface area contributed by atoms with E-state index in [0.717, 1.165) is 23.7 Å². The number of thiocarbonyl (C=S) groups is 1. The van der Waals surface area contributed by atoms with Gasteiger partial charge in [0.1, 0.15) is 4.32 Å². The van der Waals surface area contributed by atoms with Gasteiger partial charge in [-0.05, 0) is 31.5 Å². The summed E-state index contributed by atoms with van der Waals surface area (Å²) in [5.74, 6) is -0.127. The average Bonchev–Trinajstić information content (AvgIpc) is 2.76. The second-order valence-corrected chi connectivity index (χ2v) is 6.51. The van der Waals surface area contributed by atoms with Gasteiger partial charge in [0.15, 0.2) is 7.05 Å². The number of rotatable bonds is 3. The highest BCUT2D eigenvalue weighted by molar-refractivity contribution is 8.23. The number of H-pyrrole nitrogens is 1. The molecule has 0 spiro atoms. The Bertz CT molecular complexity index is 567. The fourth-order valence-corrected chi connectivity index (χ4v) is 3.57. The lowest BCUT2D eigenvalue weighted by atomic mass is 10.1. The lowest BCUT2D eigenvalue weighted by molar-refractivity contribution is -0.741. The number of thioether (sulfide) groups is 1. The van der Waals surface area contributed by atoms with Crippen molar-refractivity contribution in [2.24, 2.45) is 7.05 Å². The van der Waals surface area contributed by atoms with Gasteiger partial charge in [-0.3, -0.25) is 9.32 Å². The van der Waals surface area contributed by atoms with E-state index in [9.17, 15) is 9.59 Å². The molecule has 6 nitrogen and oxygen atoms in total. The quantitative estimate of drug-likeness (QED) is 0.507. The summed E-state index contributed by atoms with van der Waals surface area (Å²) in [7, 11) is 1.56. The minimum absolute atomic E-state index is 0.0204. The number of piperidine rings is 1. The number of carbonyl (C=O) groups is 1. The van der Waals surface area contributed by atoms with Crippen molar-refractivity contribution < 1.29 is 14.0 Å². The molecule has 1 atom stereocenters. The number of hydrogen-bond donors (Lipinski definition) is 1. The van der Waals surface area contributed by atoms with Crippen LogP contribution in [0.1, 0.15) is 36.7 Å². The largest absolute Gasteiger partial charge is 0.438 e. The third-order valence-electron chi connectivity index (χ3n) is 3.43. The second kappa shape index (κ2) is 6.53. The third-order valence-corrected chi connectivity index (χ3v) is 4.91. The van der Waals surface area contributed by atoms with Crippen molar-refractivity contribution in [2.75, 3.05) is 12.3 Å². The van der Waals surface area contributed by atoms with Crippen LogP contribution in [0, 0.1) is 0 Å². The van der Waals surface area contributed by atoms with Crippen LogP contribution in [0.2, 0.25) is 0 Å². The Morgan fingerprint density at radius 2 is 2.35 bits per heavy atom. The molecule has 8 heteroatoms. The first kappa shape index (κ1) is 15.2. The van der Waals surface area contributed by atoms with Gasteiger partial charge in [-0.2, -0.15) is 0 Å². The van der Waals surface area contributed by atoms with E-state index in [4.69, 9.17) is 12.2 Å². The molecule has 1 N–H and O–H groups in total. The SMILES string of the molecule is CC1CCCCN1C(=S)SCC(=O)c1c(=O)o[nH][n+]1C. The van der Waals surface area contributed by atoms with E-state index in [2.05, 4.69) is 21.6 Å². The van der Waals surface area contributed by atoms with Crippen LogP contribution in [0.3, 0.4) is 0 Å². The number of aryl methyl sites for hydroxylation is 1. The summed E-state index contributed by atoms with van der Waals surface area (Å²) in [6, 6.07) is 0.423. The number of Topliss-reactive ketones (excluding diaryl/α,β-unsaturated/α-hetero) is 1. The first-order valence-corrected chi connectivity index (χ1v) is 7.94. The monoisotopic (exact) mass is 316 g/mol. The highest BCUT2D eigenvalue weighted by Crippen LogP contribution is 2.21. The Kier molecular flexibility index (Phi) is 4.98. The molecule has 0 bridgehead atoms. The maximum atomic E-state index is 12.0. The Balaban J connectivity index is 1.93. The standard InChI is InChI=1S/C12H17N3O3S2/c1-8-5-3-4-6-15(8)12(19)20-7-9(16)10-11(17)18-13-14(10)2/h8H,3-7H2,1-2H3/p+1. The predicted octanol–water partition coefficient (Wildman–Crippen LogP) is 0.868. The number of aromatic nitrogens is 2. The van der Waals surface area contributed by atoms with E-state index in [1.807, 2.05) is 0 Å². The van der Waals surface area contributed by atoms with Crippen molar-refractivity contribution in [2.45, 2.75) is 32.2 Å². The molecule has 2 rings (SSSR count). The first-order valence-electron chi connectivity index (χ1n) is 6.55. The molecule has 0 saturated carbocycles. The molecule has 0 radical (unpaired) electrons. The number of nitrogens with one attached hydrogen (secondary N) is 1. The zero-order valence-electron chi connectivity index (χ0n) is 11.5. The molecule has 1 aliphatic rings. The molecule has 0 aromatic carbocycles. The van der Waals surface area contributed by atoms with Crippen molar-refractivity contribution in [3.05, 3.63) is 16.1 Å². The molecule has 0 aliphatic carbocycles. The number of carbonyl (C=O) groups excluding carboxylic acids is 1. The van der Waals surface area contributed by atoms with E-state index in [1.54, 1.807) is 7.05 Å². The highest BCUT2D eigenvalue weighted by atomic mass is 32.2. The Morgan fingerprint density at radius 1 is 1.60 bits per heavy atom. The molecule has 0 amide bonds. The molecular weight excluding hydrogens is 298 g/mol. The van der Waals surface area contributed by atoms with Crippen LogP contribution in [0.5, 0.6) is 0 Å². The van der Waals surface area contributed by atoms with E-state index in [-0.39, 0.29) is 17.2 Å². The van der Waals surface area contributed by atoms with Crippen LogP contribution in [-0.4, -0.2) is 38.6 Å². The van der Waals surface area contributed by atoms with Crippen LogP contribution in [-0.2, 0) is 7.05 Å². The summed E-state index contributed by atoms with van der Waals surface area (Å²) >= 11 is 6.70. The summed E-state index contributed by atoms with van der Waals surface area (Å²) in [5.41, 5.74) is -0.623.